The molecule has 0 aliphatic rings. The number of likely N-dealkylation sites (N-methyl/N-ethyl adjacent to an activating group) is 1. The van der Waals surface area contributed by atoms with Crippen LogP contribution in [0.4, 0.5) is 0 Å². The normalized spacial score (nSPS) is 11.7. The van der Waals surface area contributed by atoms with Crippen LogP contribution in [0.25, 0.3) is 0 Å². The van der Waals surface area contributed by atoms with Crippen molar-refractivity contribution >= 4 is 22.0 Å². The van der Waals surface area contributed by atoms with Crippen molar-refractivity contribution in [1.82, 2.24) is 4.31 Å². The van der Waals surface area contributed by atoms with E-state index in [4.69, 9.17) is 9.52 Å². The minimum absolute atomic E-state index is 0.000128. The van der Waals surface area contributed by atoms with Crippen LogP contribution in [-0.2, 0) is 19.6 Å². The maximum Gasteiger partial charge on any atom is 0.342 e. The highest BCUT2D eigenvalue weighted by Crippen LogP contribution is 2.29. The average molecular weight is 305 g/mol. The Labute approximate surface area is 116 Å². The second-order valence-corrected chi connectivity index (χ2v) is 6.05. The summed E-state index contributed by atoms with van der Waals surface area (Å²) in [6, 6.07) is 0. The SMILES string of the molecule is COC(=O)c1c(C)oc(C)c1S(=O)(=O)N(C)CC(=O)O. The van der Waals surface area contributed by atoms with Crippen LogP contribution in [0.3, 0.4) is 0 Å². The third-order valence-corrected chi connectivity index (χ3v) is 4.58. The van der Waals surface area contributed by atoms with Crippen molar-refractivity contribution in [1.29, 1.82) is 0 Å². The fraction of sp³-hybridized carbons (Fsp3) is 0.455. The third-order valence-electron chi connectivity index (χ3n) is 2.62. The van der Waals surface area contributed by atoms with Gasteiger partial charge in [-0.1, -0.05) is 0 Å². The Hall–Kier alpha value is -1.87. The monoisotopic (exact) mass is 305 g/mol. The summed E-state index contributed by atoms with van der Waals surface area (Å²) in [6.45, 7) is 2.07. The Bertz CT molecular complexity index is 644. The van der Waals surface area contributed by atoms with Crippen LogP contribution in [0, 0.1) is 13.8 Å². The highest BCUT2D eigenvalue weighted by Gasteiger charge is 2.34. The van der Waals surface area contributed by atoms with E-state index in [0.29, 0.717) is 4.31 Å². The maximum atomic E-state index is 12.3. The van der Waals surface area contributed by atoms with Gasteiger partial charge in [0.25, 0.3) is 0 Å². The number of aliphatic carboxylic acids is 1. The number of hydrogen-bond donors (Lipinski definition) is 1. The number of furan rings is 1. The van der Waals surface area contributed by atoms with Crippen LogP contribution in [0.2, 0.25) is 0 Å². The molecule has 1 rings (SSSR count). The summed E-state index contributed by atoms with van der Waals surface area (Å²) in [7, 11) is -1.96. The molecule has 1 N–H and O–H groups in total. The predicted octanol–water partition coefficient (Wildman–Crippen LogP) is 0.388. The first kappa shape index (κ1) is 16.2. The molecule has 0 aliphatic carbocycles. The zero-order valence-electron chi connectivity index (χ0n) is 11.5. The maximum absolute atomic E-state index is 12.3. The predicted molar refractivity (Wildman–Crippen MR) is 67.0 cm³/mol. The molecule has 9 heteroatoms. The van der Waals surface area contributed by atoms with E-state index in [1.54, 1.807) is 0 Å². The van der Waals surface area contributed by atoms with E-state index in [2.05, 4.69) is 4.74 Å². The Morgan fingerprint density at radius 1 is 1.30 bits per heavy atom. The molecule has 0 fully saturated rings. The molecule has 0 amide bonds. The number of nitrogens with zero attached hydrogens (tertiary/aromatic N) is 1. The molecule has 1 aromatic rings. The van der Waals surface area contributed by atoms with E-state index >= 15 is 0 Å². The highest BCUT2D eigenvalue weighted by atomic mass is 32.2. The van der Waals surface area contributed by atoms with Gasteiger partial charge in [-0.05, 0) is 13.8 Å². The average Bonchev–Trinajstić information content (AvgIpc) is 2.62. The summed E-state index contributed by atoms with van der Waals surface area (Å²) in [5, 5.41) is 8.67. The summed E-state index contributed by atoms with van der Waals surface area (Å²) in [6.07, 6.45) is 0. The third kappa shape index (κ3) is 2.83. The van der Waals surface area contributed by atoms with E-state index < -0.39 is 28.5 Å². The number of sulfonamides is 1. The van der Waals surface area contributed by atoms with Crippen molar-refractivity contribution in [2.24, 2.45) is 0 Å². The van der Waals surface area contributed by atoms with Gasteiger partial charge in [-0.3, -0.25) is 4.79 Å². The summed E-state index contributed by atoms with van der Waals surface area (Å²) >= 11 is 0. The standard InChI is InChI=1S/C11H15NO7S/c1-6-9(11(15)18-4)10(7(2)19-6)20(16,17)12(3)5-8(13)14/h5H2,1-4H3,(H,13,14). The summed E-state index contributed by atoms with van der Waals surface area (Å²) in [5.41, 5.74) is -0.220. The van der Waals surface area contributed by atoms with Gasteiger partial charge < -0.3 is 14.3 Å². The number of carboxylic acids is 1. The molecule has 8 nitrogen and oxygen atoms in total. The molecule has 1 heterocycles. The molecule has 0 saturated heterocycles. The van der Waals surface area contributed by atoms with Crippen LogP contribution < -0.4 is 0 Å². The Kier molecular flexibility index (Phi) is 4.56. The van der Waals surface area contributed by atoms with Crippen molar-refractivity contribution in [3.8, 4) is 0 Å². The lowest BCUT2D eigenvalue weighted by Crippen LogP contribution is -2.33. The molecule has 1 aromatic heterocycles. The van der Waals surface area contributed by atoms with Crippen LogP contribution in [0.15, 0.2) is 9.31 Å². The largest absolute Gasteiger partial charge is 0.480 e. The number of ether oxygens (including phenoxy) is 1. The number of hydrogen-bond acceptors (Lipinski definition) is 6. The molecule has 0 radical (unpaired) electrons. The molecular weight excluding hydrogens is 290 g/mol. The molecule has 20 heavy (non-hydrogen) atoms. The molecule has 112 valence electrons. The van der Waals surface area contributed by atoms with Crippen LogP contribution in [0.5, 0.6) is 0 Å². The topological polar surface area (TPSA) is 114 Å². The van der Waals surface area contributed by atoms with Gasteiger partial charge in [0, 0.05) is 7.05 Å². The second-order valence-electron chi connectivity index (χ2n) is 4.06. The highest BCUT2D eigenvalue weighted by molar-refractivity contribution is 7.89. The smallest absolute Gasteiger partial charge is 0.342 e. The van der Waals surface area contributed by atoms with Crippen LogP contribution in [0.1, 0.15) is 21.9 Å². The number of methoxy groups -OCH3 is 1. The van der Waals surface area contributed by atoms with Crippen molar-refractivity contribution in [3.05, 3.63) is 17.1 Å². The van der Waals surface area contributed by atoms with E-state index in [-0.39, 0.29) is 22.0 Å². The summed E-state index contributed by atoms with van der Waals surface area (Å²) in [5.74, 6) is -2.08. The summed E-state index contributed by atoms with van der Waals surface area (Å²) < 4.78 is 35.0. The van der Waals surface area contributed by atoms with Gasteiger partial charge in [-0.25, -0.2) is 13.2 Å². The molecular formula is C11H15NO7S. The van der Waals surface area contributed by atoms with E-state index in [1.807, 2.05) is 0 Å². The van der Waals surface area contributed by atoms with Crippen molar-refractivity contribution < 1.29 is 32.3 Å². The molecule has 0 unspecified atom stereocenters. The first-order chi connectivity index (χ1) is 9.12. The Morgan fingerprint density at radius 2 is 1.85 bits per heavy atom. The summed E-state index contributed by atoms with van der Waals surface area (Å²) in [4.78, 5) is 21.9. The number of rotatable bonds is 5. The number of carbonyl (C=O) groups excluding carboxylic acids is 1. The lowest BCUT2D eigenvalue weighted by molar-refractivity contribution is -0.137. The first-order valence-electron chi connectivity index (χ1n) is 5.49. The van der Waals surface area contributed by atoms with Crippen molar-refractivity contribution in [2.75, 3.05) is 20.7 Å². The fourth-order valence-corrected chi connectivity index (χ4v) is 3.23. The van der Waals surface area contributed by atoms with Gasteiger partial charge in [0.15, 0.2) is 0 Å². The van der Waals surface area contributed by atoms with Crippen LogP contribution in [-0.4, -0.2) is 50.5 Å². The minimum atomic E-state index is -4.17. The molecule has 0 bridgehead atoms. The van der Waals surface area contributed by atoms with E-state index in [1.165, 1.54) is 13.8 Å². The molecule has 0 aliphatic heterocycles. The number of carboxylic acid groups (broad SMARTS) is 1. The van der Waals surface area contributed by atoms with Gasteiger partial charge in [-0.15, -0.1) is 0 Å². The second kappa shape index (κ2) is 5.63. The lowest BCUT2D eigenvalue weighted by Gasteiger charge is -2.15. The Morgan fingerprint density at radius 3 is 2.30 bits per heavy atom. The quantitative estimate of drug-likeness (QED) is 0.782. The molecule has 0 aromatic carbocycles. The van der Waals surface area contributed by atoms with Gasteiger partial charge in [0.1, 0.15) is 28.5 Å². The number of carbonyl (C=O) groups is 2. The molecule has 0 saturated carbocycles. The number of aryl methyl sites for hydroxylation is 2. The van der Waals surface area contributed by atoms with Gasteiger partial charge in [-0.2, -0.15) is 4.31 Å². The first-order valence-corrected chi connectivity index (χ1v) is 6.93. The number of esters is 1. The minimum Gasteiger partial charge on any atom is -0.480 e. The Balaban J connectivity index is 3.46. The van der Waals surface area contributed by atoms with E-state index in [9.17, 15) is 18.0 Å². The van der Waals surface area contributed by atoms with Crippen LogP contribution >= 0.6 is 0 Å². The van der Waals surface area contributed by atoms with Gasteiger partial charge in [0.2, 0.25) is 10.0 Å². The van der Waals surface area contributed by atoms with Crippen molar-refractivity contribution in [3.63, 3.8) is 0 Å². The zero-order valence-corrected chi connectivity index (χ0v) is 12.3. The van der Waals surface area contributed by atoms with E-state index in [0.717, 1.165) is 14.2 Å². The van der Waals surface area contributed by atoms with Crippen molar-refractivity contribution in [2.45, 2.75) is 18.7 Å². The molecule has 0 spiro atoms. The van der Waals surface area contributed by atoms with Gasteiger partial charge >= 0.3 is 11.9 Å². The zero-order chi connectivity index (χ0) is 15.7. The molecule has 0 atom stereocenters. The lowest BCUT2D eigenvalue weighted by atomic mass is 10.2. The fourth-order valence-electron chi connectivity index (χ4n) is 1.74. The van der Waals surface area contributed by atoms with Gasteiger partial charge in [0.05, 0.1) is 7.11 Å².